The molecule has 2 N–H and O–H groups in total. The Morgan fingerprint density at radius 1 is 1.00 bits per heavy atom. The molecule has 0 aliphatic carbocycles. The molecule has 1 rings (SSSR count). The fraction of sp³-hybridized carbons (Fsp3) is 1.00. The van der Waals surface area contributed by atoms with Gasteiger partial charge >= 0.3 is 0 Å². The molecule has 2 nitrogen and oxygen atoms in total. The van der Waals surface area contributed by atoms with Crippen molar-refractivity contribution in [2.45, 2.75) is 63.5 Å². The number of rotatable bonds is 11. The van der Waals surface area contributed by atoms with E-state index >= 15 is 0 Å². The predicted octanol–water partition coefficient (Wildman–Crippen LogP) is 3.42. The van der Waals surface area contributed by atoms with Crippen LogP contribution in [-0.4, -0.2) is 37.2 Å². The summed E-state index contributed by atoms with van der Waals surface area (Å²) in [7, 11) is 0. The van der Waals surface area contributed by atoms with E-state index < -0.39 is 0 Å². The molecule has 0 radical (unpaired) electrons. The van der Waals surface area contributed by atoms with Gasteiger partial charge in [-0.1, -0.05) is 39.0 Å². The minimum absolute atomic E-state index is 0.919. The minimum Gasteiger partial charge on any atom is -0.317 e. The summed E-state index contributed by atoms with van der Waals surface area (Å²) in [6.07, 6.45) is 11.1. The van der Waals surface area contributed by atoms with Crippen LogP contribution >= 0.6 is 11.8 Å². The van der Waals surface area contributed by atoms with Crippen LogP contribution in [0.5, 0.6) is 0 Å². The minimum atomic E-state index is 0.919. The van der Waals surface area contributed by atoms with Crippen LogP contribution in [0, 0.1) is 0 Å². The van der Waals surface area contributed by atoms with Crippen molar-refractivity contribution in [2.75, 3.05) is 31.9 Å². The van der Waals surface area contributed by atoms with Crippen molar-refractivity contribution >= 4 is 11.8 Å². The Labute approximate surface area is 118 Å². The molecule has 0 atom stereocenters. The van der Waals surface area contributed by atoms with Crippen LogP contribution in [0.4, 0.5) is 0 Å². The van der Waals surface area contributed by atoms with Crippen molar-refractivity contribution in [3.05, 3.63) is 0 Å². The van der Waals surface area contributed by atoms with Crippen molar-refractivity contribution in [2.24, 2.45) is 0 Å². The summed E-state index contributed by atoms with van der Waals surface area (Å²) < 4.78 is 0. The first-order valence-electron chi connectivity index (χ1n) is 7.96. The van der Waals surface area contributed by atoms with Gasteiger partial charge in [-0.3, -0.25) is 0 Å². The topological polar surface area (TPSA) is 24.1 Å². The maximum Gasteiger partial charge on any atom is 0.00716 e. The van der Waals surface area contributed by atoms with Crippen molar-refractivity contribution in [1.82, 2.24) is 10.6 Å². The maximum atomic E-state index is 3.58. The molecule has 1 heterocycles. The van der Waals surface area contributed by atoms with Gasteiger partial charge in [0.2, 0.25) is 0 Å². The molecule has 18 heavy (non-hydrogen) atoms. The molecule has 0 aromatic heterocycles. The smallest absolute Gasteiger partial charge is 0.00716 e. The van der Waals surface area contributed by atoms with E-state index in [-0.39, 0.29) is 0 Å². The summed E-state index contributed by atoms with van der Waals surface area (Å²) in [6.45, 7) is 7.15. The Kier molecular flexibility index (Phi) is 11.2. The van der Waals surface area contributed by atoms with Gasteiger partial charge in [0.05, 0.1) is 0 Å². The highest BCUT2D eigenvalue weighted by molar-refractivity contribution is 7.99. The van der Waals surface area contributed by atoms with Crippen LogP contribution in [0.2, 0.25) is 0 Å². The van der Waals surface area contributed by atoms with E-state index in [1.807, 2.05) is 0 Å². The van der Waals surface area contributed by atoms with Crippen LogP contribution in [0.25, 0.3) is 0 Å². The third-order valence-corrected chi connectivity index (χ3v) is 5.01. The second kappa shape index (κ2) is 12.3. The molecular weight excluding hydrogens is 240 g/mol. The lowest BCUT2D eigenvalue weighted by Gasteiger charge is -2.21. The molecule has 3 heteroatoms. The van der Waals surface area contributed by atoms with Crippen molar-refractivity contribution in [3.63, 3.8) is 0 Å². The lowest BCUT2D eigenvalue weighted by Crippen LogP contribution is -2.30. The van der Waals surface area contributed by atoms with Gasteiger partial charge in [0, 0.05) is 17.5 Å². The fourth-order valence-corrected chi connectivity index (χ4v) is 3.58. The number of hydrogen-bond acceptors (Lipinski definition) is 3. The highest BCUT2D eigenvalue weighted by Crippen LogP contribution is 2.19. The van der Waals surface area contributed by atoms with Crippen molar-refractivity contribution in [3.8, 4) is 0 Å². The zero-order valence-electron chi connectivity index (χ0n) is 12.2. The van der Waals surface area contributed by atoms with Gasteiger partial charge in [-0.15, -0.1) is 0 Å². The number of thioether (sulfide) groups is 1. The molecule has 0 unspecified atom stereocenters. The summed E-state index contributed by atoms with van der Waals surface area (Å²) in [5.41, 5.74) is 0. The van der Waals surface area contributed by atoms with Gasteiger partial charge in [0.15, 0.2) is 0 Å². The summed E-state index contributed by atoms with van der Waals surface area (Å²) in [4.78, 5) is 0. The average molecular weight is 273 g/mol. The summed E-state index contributed by atoms with van der Waals surface area (Å²) in [6, 6.07) is 0. The zero-order valence-corrected chi connectivity index (χ0v) is 13.0. The van der Waals surface area contributed by atoms with Gasteiger partial charge in [0.25, 0.3) is 0 Å². The Balaban J connectivity index is 1.73. The molecule has 108 valence electrons. The molecule has 0 saturated carbocycles. The Hall–Kier alpha value is 0.270. The van der Waals surface area contributed by atoms with Crippen molar-refractivity contribution in [1.29, 1.82) is 0 Å². The first-order valence-corrected chi connectivity index (χ1v) is 9.01. The predicted molar refractivity (Wildman–Crippen MR) is 84.6 cm³/mol. The molecule has 1 aliphatic rings. The Morgan fingerprint density at radius 2 is 1.72 bits per heavy atom. The standard InChI is InChI=1S/C15H32N2S/c1-2-3-4-5-6-7-10-16-13-14-18-15-8-11-17-12-9-15/h15-17H,2-14H2,1H3. The van der Waals surface area contributed by atoms with Crippen LogP contribution in [0.15, 0.2) is 0 Å². The second-order valence-corrected chi connectivity index (χ2v) is 6.75. The van der Waals surface area contributed by atoms with Crippen LogP contribution in [-0.2, 0) is 0 Å². The van der Waals surface area contributed by atoms with Gasteiger partial charge in [-0.2, -0.15) is 11.8 Å². The largest absolute Gasteiger partial charge is 0.317 e. The third kappa shape index (κ3) is 9.23. The van der Waals surface area contributed by atoms with Gasteiger partial charge in [-0.05, 0) is 38.9 Å². The number of unbranched alkanes of at least 4 members (excludes halogenated alkanes) is 5. The van der Waals surface area contributed by atoms with E-state index in [9.17, 15) is 0 Å². The zero-order chi connectivity index (χ0) is 12.9. The van der Waals surface area contributed by atoms with Crippen LogP contribution in [0.1, 0.15) is 58.3 Å². The first-order chi connectivity index (χ1) is 8.93. The number of nitrogens with one attached hydrogen (secondary N) is 2. The Morgan fingerprint density at radius 3 is 2.50 bits per heavy atom. The highest BCUT2D eigenvalue weighted by Gasteiger charge is 2.12. The number of hydrogen-bond donors (Lipinski definition) is 2. The first kappa shape index (κ1) is 16.3. The molecular formula is C15H32N2S. The average Bonchev–Trinajstić information content (AvgIpc) is 2.42. The Bertz CT molecular complexity index is 170. The van der Waals surface area contributed by atoms with E-state index in [2.05, 4.69) is 29.3 Å². The maximum absolute atomic E-state index is 3.58. The SMILES string of the molecule is CCCCCCCCNCCSC1CCNCC1. The van der Waals surface area contributed by atoms with E-state index in [1.54, 1.807) is 0 Å². The molecule has 0 bridgehead atoms. The summed E-state index contributed by atoms with van der Waals surface area (Å²) in [5, 5.41) is 7.92. The number of piperidine rings is 1. The van der Waals surface area contributed by atoms with Crippen LogP contribution in [0.3, 0.4) is 0 Å². The molecule has 0 aromatic rings. The molecule has 1 saturated heterocycles. The van der Waals surface area contributed by atoms with E-state index in [1.165, 1.54) is 83.3 Å². The summed E-state index contributed by atoms with van der Waals surface area (Å²) >= 11 is 2.17. The normalized spacial score (nSPS) is 17.2. The van der Waals surface area contributed by atoms with Gasteiger partial charge in [0.1, 0.15) is 0 Å². The molecule has 0 spiro atoms. The lowest BCUT2D eigenvalue weighted by molar-refractivity contribution is 0.531. The van der Waals surface area contributed by atoms with Gasteiger partial charge < -0.3 is 10.6 Å². The van der Waals surface area contributed by atoms with E-state index in [0.717, 1.165) is 5.25 Å². The quantitative estimate of drug-likeness (QED) is 0.564. The molecule has 0 amide bonds. The van der Waals surface area contributed by atoms with E-state index in [0.29, 0.717) is 0 Å². The molecule has 1 aliphatic heterocycles. The van der Waals surface area contributed by atoms with Gasteiger partial charge in [-0.25, -0.2) is 0 Å². The van der Waals surface area contributed by atoms with Crippen molar-refractivity contribution < 1.29 is 0 Å². The molecule has 1 fully saturated rings. The second-order valence-electron chi connectivity index (χ2n) is 5.34. The monoisotopic (exact) mass is 272 g/mol. The summed E-state index contributed by atoms with van der Waals surface area (Å²) in [5.74, 6) is 1.29. The van der Waals surface area contributed by atoms with Crippen LogP contribution < -0.4 is 10.6 Å². The highest BCUT2D eigenvalue weighted by atomic mass is 32.2. The lowest BCUT2D eigenvalue weighted by atomic mass is 10.1. The molecule has 0 aromatic carbocycles. The van der Waals surface area contributed by atoms with E-state index in [4.69, 9.17) is 0 Å². The third-order valence-electron chi connectivity index (χ3n) is 3.63. The fourth-order valence-electron chi connectivity index (χ4n) is 2.42.